The molecule has 1 saturated carbocycles. The van der Waals surface area contributed by atoms with Crippen molar-refractivity contribution >= 4 is 29.9 Å². The lowest BCUT2D eigenvalue weighted by atomic mass is 10.1. The Hall–Kier alpha value is -0.0400. The molecule has 0 amide bonds. The fourth-order valence-corrected chi connectivity index (χ4v) is 2.79. The third-order valence-electron chi connectivity index (χ3n) is 4.46. The number of hydrogen-bond donors (Lipinski definition) is 2. The second-order valence-electron chi connectivity index (χ2n) is 6.51. The van der Waals surface area contributed by atoms with E-state index in [0.717, 1.165) is 25.0 Å². The van der Waals surface area contributed by atoms with Crippen molar-refractivity contribution in [2.75, 3.05) is 26.7 Å². The van der Waals surface area contributed by atoms with Gasteiger partial charge in [-0.2, -0.15) is 0 Å². The molecule has 0 spiro atoms. The summed E-state index contributed by atoms with van der Waals surface area (Å²) in [6.07, 6.45) is 4.15. The Morgan fingerprint density at radius 3 is 2.50 bits per heavy atom. The first-order chi connectivity index (χ1) is 9.10. The van der Waals surface area contributed by atoms with Gasteiger partial charge in [-0.25, -0.2) is 0 Å². The first kappa shape index (κ1) is 18.0. The minimum Gasteiger partial charge on any atom is -0.356 e. The van der Waals surface area contributed by atoms with E-state index in [1.165, 1.54) is 25.8 Å². The van der Waals surface area contributed by atoms with Gasteiger partial charge in [0.2, 0.25) is 0 Å². The van der Waals surface area contributed by atoms with Crippen molar-refractivity contribution in [1.82, 2.24) is 15.5 Å². The van der Waals surface area contributed by atoms with Crippen LogP contribution in [0, 0.1) is 11.8 Å². The molecule has 20 heavy (non-hydrogen) atoms. The lowest BCUT2D eigenvalue weighted by Crippen LogP contribution is -2.47. The van der Waals surface area contributed by atoms with E-state index >= 15 is 0 Å². The molecule has 0 bridgehead atoms. The van der Waals surface area contributed by atoms with Gasteiger partial charge in [-0.05, 0) is 32.1 Å². The highest BCUT2D eigenvalue weighted by atomic mass is 127. The second-order valence-corrected chi connectivity index (χ2v) is 6.51. The summed E-state index contributed by atoms with van der Waals surface area (Å²) >= 11 is 0. The van der Waals surface area contributed by atoms with Crippen LogP contribution in [-0.2, 0) is 0 Å². The van der Waals surface area contributed by atoms with Crippen molar-refractivity contribution in [3.8, 4) is 0 Å². The summed E-state index contributed by atoms with van der Waals surface area (Å²) in [6, 6.07) is 1.16. The zero-order chi connectivity index (χ0) is 13.8. The van der Waals surface area contributed by atoms with Crippen molar-refractivity contribution in [2.24, 2.45) is 16.8 Å². The van der Waals surface area contributed by atoms with E-state index in [0.29, 0.717) is 18.0 Å². The van der Waals surface area contributed by atoms with Crippen LogP contribution in [0.5, 0.6) is 0 Å². The van der Waals surface area contributed by atoms with Crippen LogP contribution in [0.2, 0.25) is 0 Å². The molecule has 2 atom stereocenters. The highest BCUT2D eigenvalue weighted by Crippen LogP contribution is 2.31. The molecular formula is C15H31IN4. The standard InChI is InChI=1S/C15H30N4.HI/c1-11(2)19-9-12(3)14(10-19)18-15(16-4)17-8-7-13-5-6-13;/h11-14H,5-10H2,1-4H3,(H2,16,17,18);1H. The minimum absolute atomic E-state index is 0. The quantitative estimate of drug-likeness (QED) is 0.427. The molecule has 0 radical (unpaired) electrons. The number of guanidine groups is 1. The Morgan fingerprint density at radius 1 is 1.30 bits per heavy atom. The van der Waals surface area contributed by atoms with Crippen molar-refractivity contribution in [2.45, 2.75) is 52.1 Å². The monoisotopic (exact) mass is 394 g/mol. The molecule has 0 aromatic carbocycles. The lowest BCUT2D eigenvalue weighted by molar-refractivity contribution is 0.265. The second kappa shape index (κ2) is 8.41. The number of aliphatic imine (C=N–C) groups is 1. The average molecular weight is 394 g/mol. The third-order valence-corrected chi connectivity index (χ3v) is 4.46. The van der Waals surface area contributed by atoms with Gasteiger partial charge in [0.1, 0.15) is 0 Å². The zero-order valence-corrected chi connectivity index (χ0v) is 15.7. The summed E-state index contributed by atoms with van der Waals surface area (Å²) in [5.41, 5.74) is 0. The number of nitrogens with one attached hydrogen (secondary N) is 2. The summed E-state index contributed by atoms with van der Waals surface area (Å²) in [4.78, 5) is 6.89. The number of hydrogen-bond acceptors (Lipinski definition) is 2. The van der Waals surface area contributed by atoms with E-state index < -0.39 is 0 Å². The van der Waals surface area contributed by atoms with Gasteiger partial charge in [0.25, 0.3) is 0 Å². The fourth-order valence-electron chi connectivity index (χ4n) is 2.79. The van der Waals surface area contributed by atoms with Crippen LogP contribution >= 0.6 is 24.0 Å². The molecule has 118 valence electrons. The van der Waals surface area contributed by atoms with Crippen LogP contribution in [0.1, 0.15) is 40.0 Å². The van der Waals surface area contributed by atoms with E-state index in [1.54, 1.807) is 0 Å². The summed E-state index contributed by atoms with van der Waals surface area (Å²) in [7, 11) is 1.87. The molecular weight excluding hydrogens is 363 g/mol. The van der Waals surface area contributed by atoms with E-state index in [4.69, 9.17) is 0 Å². The Bertz CT molecular complexity index is 315. The van der Waals surface area contributed by atoms with Gasteiger partial charge in [0.15, 0.2) is 5.96 Å². The zero-order valence-electron chi connectivity index (χ0n) is 13.4. The Kier molecular flexibility index (Phi) is 7.58. The maximum atomic E-state index is 4.35. The highest BCUT2D eigenvalue weighted by molar-refractivity contribution is 14.0. The molecule has 0 aromatic rings. The summed E-state index contributed by atoms with van der Waals surface area (Å²) in [6.45, 7) is 10.3. The number of likely N-dealkylation sites (tertiary alicyclic amines) is 1. The van der Waals surface area contributed by atoms with Crippen LogP contribution in [-0.4, -0.2) is 49.6 Å². The van der Waals surface area contributed by atoms with Crippen LogP contribution < -0.4 is 10.6 Å². The van der Waals surface area contributed by atoms with Gasteiger partial charge in [0, 0.05) is 38.8 Å². The maximum Gasteiger partial charge on any atom is 0.191 e. The van der Waals surface area contributed by atoms with Crippen molar-refractivity contribution in [3.63, 3.8) is 0 Å². The van der Waals surface area contributed by atoms with Crippen LogP contribution in [0.25, 0.3) is 0 Å². The maximum absolute atomic E-state index is 4.35. The van der Waals surface area contributed by atoms with Gasteiger partial charge in [-0.3, -0.25) is 9.89 Å². The van der Waals surface area contributed by atoms with E-state index in [2.05, 4.69) is 41.3 Å². The summed E-state index contributed by atoms with van der Waals surface area (Å²) in [5, 5.41) is 7.04. The molecule has 2 unspecified atom stereocenters. The van der Waals surface area contributed by atoms with Crippen molar-refractivity contribution in [1.29, 1.82) is 0 Å². The summed E-state index contributed by atoms with van der Waals surface area (Å²) < 4.78 is 0. The van der Waals surface area contributed by atoms with Gasteiger partial charge >= 0.3 is 0 Å². The van der Waals surface area contributed by atoms with Crippen molar-refractivity contribution < 1.29 is 0 Å². The molecule has 1 aliphatic carbocycles. The smallest absolute Gasteiger partial charge is 0.191 e. The van der Waals surface area contributed by atoms with Gasteiger partial charge in [0.05, 0.1) is 0 Å². The van der Waals surface area contributed by atoms with E-state index in [9.17, 15) is 0 Å². The average Bonchev–Trinajstić information content (AvgIpc) is 3.12. The third kappa shape index (κ3) is 5.39. The number of rotatable bonds is 5. The molecule has 1 saturated heterocycles. The Balaban J connectivity index is 0.00000200. The van der Waals surface area contributed by atoms with Gasteiger partial charge < -0.3 is 10.6 Å². The highest BCUT2D eigenvalue weighted by Gasteiger charge is 2.31. The Labute approximate surface area is 141 Å². The summed E-state index contributed by atoms with van der Waals surface area (Å²) in [5.74, 6) is 2.64. The normalized spacial score (nSPS) is 27.6. The predicted molar refractivity (Wildman–Crippen MR) is 96.9 cm³/mol. The molecule has 1 aliphatic heterocycles. The van der Waals surface area contributed by atoms with Crippen LogP contribution in [0.3, 0.4) is 0 Å². The van der Waals surface area contributed by atoms with Gasteiger partial charge in [-0.15, -0.1) is 24.0 Å². The SMILES string of the molecule is CN=C(NCCC1CC1)NC1CN(C(C)C)CC1C.I. The largest absolute Gasteiger partial charge is 0.356 e. The molecule has 2 fully saturated rings. The minimum atomic E-state index is 0. The number of halogens is 1. The van der Waals surface area contributed by atoms with Gasteiger partial charge in [-0.1, -0.05) is 19.8 Å². The van der Waals surface area contributed by atoms with Crippen molar-refractivity contribution in [3.05, 3.63) is 0 Å². The molecule has 0 aromatic heterocycles. The molecule has 1 heterocycles. The van der Waals surface area contributed by atoms with E-state index in [-0.39, 0.29) is 24.0 Å². The predicted octanol–water partition coefficient (Wildman–Crippen LogP) is 2.30. The number of nitrogens with zero attached hydrogens (tertiary/aromatic N) is 2. The molecule has 2 rings (SSSR count). The topological polar surface area (TPSA) is 39.7 Å². The molecule has 4 nitrogen and oxygen atoms in total. The van der Waals surface area contributed by atoms with Crippen LogP contribution in [0.15, 0.2) is 4.99 Å². The first-order valence-electron chi connectivity index (χ1n) is 7.81. The first-order valence-corrected chi connectivity index (χ1v) is 7.81. The molecule has 5 heteroatoms. The van der Waals surface area contributed by atoms with E-state index in [1.807, 2.05) is 7.05 Å². The Morgan fingerprint density at radius 2 is 2.00 bits per heavy atom. The molecule has 2 N–H and O–H groups in total. The fraction of sp³-hybridized carbons (Fsp3) is 0.933. The lowest BCUT2D eigenvalue weighted by Gasteiger charge is -2.21. The van der Waals surface area contributed by atoms with Crippen LogP contribution in [0.4, 0.5) is 0 Å². The molecule has 2 aliphatic rings.